The van der Waals surface area contributed by atoms with Crippen molar-refractivity contribution in [3.8, 4) is 0 Å². The standard InChI is InChI=1S/C14H14BrCl2NO2S/c15-11-3-4-12(14(17)13(11)16)18-6-9(19)7-20-8-10-2-1-5-21-10/h1-5,9,18-19H,6-8H2. The highest BCUT2D eigenvalue weighted by Gasteiger charge is 2.10. The Kier molecular flexibility index (Phi) is 6.79. The number of aliphatic hydroxyl groups is 1. The first-order valence-electron chi connectivity index (χ1n) is 6.23. The van der Waals surface area contributed by atoms with E-state index in [4.69, 9.17) is 27.9 Å². The summed E-state index contributed by atoms with van der Waals surface area (Å²) in [6, 6.07) is 7.58. The number of thiophene rings is 1. The summed E-state index contributed by atoms with van der Waals surface area (Å²) < 4.78 is 6.19. The zero-order valence-corrected chi connectivity index (χ0v) is 14.9. The molecule has 0 saturated heterocycles. The number of ether oxygens (including phenoxy) is 1. The number of aliphatic hydroxyl groups excluding tert-OH is 1. The minimum Gasteiger partial charge on any atom is -0.389 e. The third-order valence-electron chi connectivity index (χ3n) is 2.70. The lowest BCUT2D eigenvalue weighted by atomic mass is 10.3. The average Bonchev–Trinajstić information content (AvgIpc) is 2.97. The third kappa shape index (κ3) is 5.13. The quantitative estimate of drug-likeness (QED) is 0.643. The van der Waals surface area contributed by atoms with Crippen molar-refractivity contribution < 1.29 is 9.84 Å². The fraction of sp³-hybridized carbons (Fsp3) is 0.286. The summed E-state index contributed by atoms with van der Waals surface area (Å²) in [5, 5.41) is 15.8. The van der Waals surface area contributed by atoms with E-state index in [2.05, 4.69) is 21.2 Å². The molecule has 0 saturated carbocycles. The van der Waals surface area contributed by atoms with E-state index in [1.807, 2.05) is 17.5 Å². The molecule has 0 aliphatic carbocycles. The number of nitrogens with one attached hydrogen (secondary N) is 1. The van der Waals surface area contributed by atoms with Crippen molar-refractivity contribution in [3.05, 3.63) is 49.0 Å². The van der Waals surface area contributed by atoms with E-state index < -0.39 is 6.10 Å². The van der Waals surface area contributed by atoms with Crippen molar-refractivity contribution >= 4 is 56.2 Å². The molecule has 21 heavy (non-hydrogen) atoms. The first-order chi connectivity index (χ1) is 10.1. The first-order valence-corrected chi connectivity index (χ1v) is 8.66. The Morgan fingerprint density at radius 1 is 1.29 bits per heavy atom. The van der Waals surface area contributed by atoms with Crippen LogP contribution in [0, 0.1) is 0 Å². The Morgan fingerprint density at radius 2 is 2.10 bits per heavy atom. The van der Waals surface area contributed by atoms with Gasteiger partial charge in [-0.1, -0.05) is 29.3 Å². The molecule has 0 bridgehead atoms. The number of benzene rings is 1. The van der Waals surface area contributed by atoms with Crippen LogP contribution in [0.25, 0.3) is 0 Å². The molecule has 1 heterocycles. The lowest BCUT2D eigenvalue weighted by molar-refractivity contribution is 0.0359. The molecular weight excluding hydrogens is 397 g/mol. The number of anilines is 1. The zero-order chi connectivity index (χ0) is 15.2. The summed E-state index contributed by atoms with van der Waals surface area (Å²) in [4.78, 5) is 1.14. The summed E-state index contributed by atoms with van der Waals surface area (Å²) in [6.45, 7) is 1.11. The van der Waals surface area contributed by atoms with Crippen LogP contribution in [0.1, 0.15) is 4.88 Å². The Hall–Kier alpha value is -0.300. The summed E-state index contributed by atoms with van der Waals surface area (Å²) >= 11 is 17.1. The molecule has 3 nitrogen and oxygen atoms in total. The van der Waals surface area contributed by atoms with Crippen LogP contribution in [0.15, 0.2) is 34.1 Å². The van der Waals surface area contributed by atoms with Gasteiger partial charge < -0.3 is 15.2 Å². The van der Waals surface area contributed by atoms with Crippen molar-refractivity contribution in [3.63, 3.8) is 0 Å². The summed E-state index contributed by atoms with van der Waals surface area (Å²) in [6.07, 6.45) is -0.622. The number of hydrogen-bond donors (Lipinski definition) is 2. The van der Waals surface area contributed by atoms with Gasteiger partial charge in [-0.15, -0.1) is 11.3 Å². The molecule has 0 aliphatic rings. The van der Waals surface area contributed by atoms with E-state index in [-0.39, 0.29) is 6.61 Å². The highest BCUT2D eigenvalue weighted by atomic mass is 79.9. The fourth-order valence-electron chi connectivity index (χ4n) is 1.64. The largest absolute Gasteiger partial charge is 0.389 e. The van der Waals surface area contributed by atoms with Crippen LogP contribution >= 0.6 is 50.5 Å². The van der Waals surface area contributed by atoms with Crippen LogP contribution in [0.5, 0.6) is 0 Å². The summed E-state index contributed by atoms with van der Waals surface area (Å²) in [5.41, 5.74) is 0.683. The van der Waals surface area contributed by atoms with E-state index in [0.717, 1.165) is 9.35 Å². The summed E-state index contributed by atoms with van der Waals surface area (Å²) in [7, 11) is 0. The Balaban J connectivity index is 1.76. The zero-order valence-electron chi connectivity index (χ0n) is 11.0. The van der Waals surface area contributed by atoms with Gasteiger partial charge in [0.25, 0.3) is 0 Å². The van der Waals surface area contributed by atoms with Gasteiger partial charge in [0, 0.05) is 15.9 Å². The molecule has 0 amide bonds. The number of rotatable bonds is 7. The van der Waals surface area contributed by atoms with Crippen LogP contribution in [-0.2, 0) is 11.3 Å². The van der Waals surface area contributed by atoms with E-state index in [9.17, 15) is 5.11 Å². The Morgan fingerprint density at radius 3 is 2.81 bits per heavy atom. The van der Waals surface area contributed by atoms with Crippen LogP contribution in [-0.4, -0.2) is 24.4 Å². The predicted molar refractivity (Wildman–Crippen MR) is 92.6 cm³/mol. The van der Waals surface area contributed by atoms with E-state index >= 15 is 0 Å². The second-order valence-corrected chi connectivity index (χ2v) is 6.99. The van der Waals surface area contributed by atoms with Crippen LogP contribution < -0.4 is 5.32 Å². The highest BCUT2D eigenvalue weighted by molar-refractivity contribution is 9.10. The van der Waals surface area contributed by atoms with Crippen LogP contribution in [0.3, 0.4) is 0 Å². The van der Waals surface area contributed by atoms with Crippen molar-refractivity contribution in [2.75, 3.05) is 18.5 Å². The number of halogens is 3. The van der Waals surface area contributed by atoms with Crippen LogP contribution in [0.2, 0.25) is 10.0 Å². The molecule has 0 radical (unpaired) electrons. The molecule has 1 unspecified atom stereocenters. The van der Waals surface area contributed by atoms with E-state index in [1.54, 1.807) is 23.5 Å². The maximum absolute atomic E-state index is 9.88. The Bertz CT molecular complexity index is 581. The number of hydrogen-bond acceptors (Lipinski definition) is 4. The highest BCUT2D eigenvalue weighted by Crippen LogP contribution is 2.35. The Labute approximate surface area is 146 Å². The monoisotopic (exact) mass is 409 g/mol. The molecule has 0 spiro atoms. The third-order valence-corrected chi connectivity index (χ3v) is 5.32. The molecular formula is C14H14BrCl2NO2S. The lowest BCUT2D eigenvalue weighted by Gasteiger charge is -2.14. The summed E-state index contributed by atoms with van der Waals surface area (Å²) in [5.74, 6) is 0. The van der Waals surface area contributed by atoms with E-state index in [0.29, 0.717) is 28.9 Å². The molecule has 114 valence electrons. The van der Waals surface area contributed by atoms with Gasteiger partial charge >= 0.3 is 0 Å². The minimum absolute atomic E-state index is 0.257. The molecule has 2 N–H and O–H groups in total. The molecule has 2 aromatic rings. The second kappa shape index (κ2) is 8.36. The van der Waals surface area contributed by atoms with E-state index in [1.165, 1.54) is 0 Å². The lowest BCUT2D eigenvalue weighted by Crippen LogP contribution is -2.24. The van der Waals surface area contributed by atoms with Crippen molar-refractivity contribution in [1.29, 1.82) is 0 Å². The average molecular weight is 411 g/mol. The SMILES string of the molecule is OC(CNc1ccc(Br)c(Cl)c1Cl)COCc1cccs1. The predicted octanol–water partition coefficient (Wildman–Crippen LogP) is 4.81. The fourth-order valence-corrected chi connectivity index (χ4v) is 3.12. The smallest absolute Gasteiger partial charge is 0.0945 e. The van der Waals surface area contributed by atoms with Gasteiger partial charge in [-0.2, -0.15) is 0 Å². The van der Waals surface area contributed by atoms with Crippen molar-refractivity contribution in [1.82, 2.24) is 0 Å². The van der Waals surface area contributed by atoms with Gasteiger partial charge in [-0.05, 0) is 39.5 Å². The molecule has 2 rings (SSSR count). The van der Waals surface area contributed by atoms with Gasteiger partial charge in [0.05, 0.1) is 35.1 Å². The van der Waals surface area contributed by atoms with Gasteiger partial charge in [0.1, 0.15) is 0 Å². The molecule has 0 fully saturated rings. The van der Waals surface area contributed by atoms with Gasteiger partial charge in [-0.25, -0.2) is 0 Å². The van der Waals surface area contributed by atoms with Gasteiger partial charge in [-0.3, -0.25) is 0 Å². The van der Waals surface area contributed by atoms with Gasteiger partial charge in [0.2, 0.25) is 0 Å². The maximum Gasteiger partial charge on any atom is 0.0945 e. The molecule has 7 heteroatoms. The minimum atomic E-state index is -0.622. The second-order valence-electron chi connectivity index (χ2n) is 4.35. The molecule has 1 atom stereocenters. The topological polar surface area (TPSA) is 41.5 Å². The normalized spacial score (nSPS) is 12.4. The molecule has 0 aliphatic heterocycles. The maximum atomic E-state index is 9.88. The van der Waals surface area contributed by atoms with Crippen molar-refractivity contribution in [2.45, 2.75) is 12.7 Å². The molecule has 1 aromatic heterocycles. The van der Waals surface area contributed by atoms with Crippen molar-refractivity contribution in [2.24, 2.45) is 0 Å². The van der Waals surface area contributed by atoms with Gasteiger partial charge in [0.15, 0.2) is 0 Å². The first kappa shape index (κ1) is 17.1. The van der Waals surface area contributed by atoms with Crippen LogP contribution in [0.4, 0.5) is 5.69 Å². The molecule has 1 aromatic carbocycles.